The van der Waals surface area contributed by atoms with Gasteiger partial charge >= 0.3 is 0 Å². The molecule has 2 saturated heterocycles. The van der Waals surface area contributed by atoms with Crippen LogP contribution >= 0.6 is 0 Å². The smallest absolute Gasteiger partial charge is 0.253 e. The van der Waals surface area contributed by atoms with E-state index >= 15 is 0 Å². The average molecular weight is 341 g/mol. The van der Waals surface area contributed by atoms with Crippen LogP contribution in [0.3, 0.4) is 0 Å². The van der Waals surface area contributed by atoms with Gasteiger partial charge in [0.15, 0.2) is 0 Å². The van der Waals surface area contributed by atoms with Crippen molar-refractivity contribution in [1.82, 2.24) is 4.90 Å². The van der Waals surface area contributed by atoms with Gasteiger partial charge in [-0.1, -0.05) is 12.8 Å². The van der Waals surface area contributed by atoms with Crippen molar-refractivity contribution in [2.45, 2.75) is 69.2 Å². The van der Waals surface area contributed by atoms with Crippen molar-refractivity contribution in [3.05, 3.63) is 11.1 Å². The van der Waals surface area contributed by atoms with Crippen LogP contribution in [0, 0.1) is 0 Å². The molecule has 2 aliphatic heterocycles. The standard InChI is InChI=1S/C17H27NO6/c1-4-18-15(22)13-11-9-24-17(23-3,14(11)21)12(20)7-5-6-8-16(13,18)10(2)19/h10,12,14,19-21H,4-9H2,1-3H3/b13-11-/t10-,12-,14-,16-,17-/m0/s1. The van der Waals surface area contributed by atoms with Crippen molar-refractivity contribution in [3.8, 4) is 0 Å². The molecule has 0 aromatic heterocycles. The Bertz CT molecular complexity index is 561. The molecule has 2 heterocycles. The molecule has 3 aliphatic rings. The summed E-state index contributed by atoms with van der Waals surface area (Å²) in [6.45, 7) is 4.07. The first-order valence-corrected chi connectivity index (χ1v) is 8.65. The van der Waals surface area contributed by atoms with Crippen LogP contribution in [0.2, 0.25) is 0 Å². The number of nitrogens with zero attached hydrogens (tertiary/aromatic N) is 1. The van der Waals surface area contributed by atoms with Gasteiger partial charge in [-0.15, -0.1) is 0 Å². The fraction of sp³-hybridized carbons (Fsp3) is 0.824. The summed E-state index contributed by atoms with van der Waals surface area (Å²) in [6.07, 6.45) is -0.513. The lowest BCUT2D eigenvalue weighted by molar-refractivity contribution is -0.279. The van der Waals surface area contributed by atoms with E-state index in [0.717, 1.165) is 6.42 Å². The first-order valence-electron chi connectivity index (χ1n) is 8.65. The maximum Gasteiger partial charge on any atom is 0.253 e. The number of carbonyl (C=O) groups excluding carboxylic acids is 1. The molecule has 0 spiro atoms. The fourth-order valence-corrected chi connectivity index (χ4v) is 4.65. The van der Waals surface area contributed by atoms with Crippen molar-refractivity contribution in [1.29, 1.82) is 0 Å². The maximum atomic E-state index is 12.7. The number of likely N-dealkylation sites (tertiary alicyclic amines) is 1. The maximum absolute atomic E-state index is 12.7. The van der Waals surface area contributed by atoms with Gasteiger partial charge in [-0.2, -0.15) is 0 Å². The van der Waals surface area contributed by atoms with Gasteiger partial charge in [-0.25, -0.2) is 0 Å². The second-order valence-electron chi connectivity index (χ2n) is 6.93. The van der Waals surface area contributed by atoms with E-state index in [1.54, 1.807) is 11.8 Å². The number of amides is 1. The van der Waals surface area contributed by atoms with E-state index in [9.17, 15) is 20.1 Å². The lowest BCUT2D eigenvalue weighted by atomic mass is 9.67. The van der Waals surface area contributed by atoms with Crippen LogP contribution in [-0.4, -0.2) is 76.0 Å². The SMILES string of the molecule is CCN1C(=O)/C2=C3\CO[C@@](OC)([C@@H](O)CCCC[C@]21[C@H](C)O)[C@H]3O. The number of rotatable bonds is 3. The Labute approximate surface area is 141 Å². The Balaban J connectivity index is 2.16. The van der Waals surface area contributed by atoms with Gasteiger partial charge in [0, 0.05) is 24.8 Å². The van der Waals surface area contributed by atoms with Crippen LogP contribution in [0.5, 0.6) is 0 Å². The van der Waals surface area contributed by atoms with Gasteiger partial charge in [0.25, 0.3) is 5.91 Å². The molecule has 0 aromatic carbocycles. The number of likely N-dealkylation sites (N-methyl/N-ethyl adjacent to an activating group) is 1. The van der Waals surface area contributed by atoms with Crippen LogP contribution in [0.1, 0.15) is 39.5 Å². The van der Waals surface area contributed by atoms with Gasteiger partial charge in [0.05, 0.1) is 18.2 Å². The second-order valence-corrected chi connectivity index (χ2v) is 6.93. The number of methoxy groups -OCH3 is 1. The predicted molar refractivity (Wildman–Crippen MR) is 85.0 cm³/mol. The number of hydrogen-bond acceptors (Lipinski definition) is 6. The van der Waals surface area contributed by atoms with E-state index in [0.29, 0.717) is 37.0 Å². The van der Waals surface area contributed by atoms with Crippen molar-refractivity contribution in [2.24, 2.45) is 0 Å². The van der Waals surface area contributed by atoms with Gasteiger partial charge in [0.1, 0.15) is 12.2 Å². The zero-order valence-corrected chi connectivity index (χ0v) is 14.5. The minimum Gasteiger partial charge on any atom is -0.391 e. The van der Waals surface area contributed by atoms with Crippen LogP contribution in [0.4, 0.5) is 0 Å². The molecular formula is C17H27NO6. The minimum atomic E-state index is -1.54. The molecule has 7 nitrogen and oxygen atoms in total. The molecule has 0 radical (unpaired) electrons. The third kappa shape index (κ3) is 2.05. The molecule has 0 saturated carbocycles. The first kappa shape index (κ1) is 17.8. The normalized spacial score (nSPS) is 44.1. The van der Waals surface area contributed by atoms with Crippen molar-refractivity contribution < 1.29 is 29.6 Å². The molecule has 24 heavy (non-hydrogen) atoms. The number of aliphatic hydroxyl groups excluding tert-OH is 3. The largest absolute Gasteiger partial charge is 0.391 e. The monoisotopic (exact) mass is 341 g/mol. The second kappa shape index (κ2) is 6.07. The van der Waals surface area contributed by atoms with Crippen LogP contribution in [-0.2, 0) is 14.3 Å². The van der Waals surface area contributed by atoms with Gasteiger partial charge < -0.3 is 29.7 Å². The molecule has 3 N–H and O–H groups in total. The Morgan fingerprint density at radius 2 is 2.12 bits per heavy atom. The van der Waals surface area contributed by atoms with E-state index in [2.05, 4.69) is 0 Å². The summed E-state index contributed by atoms with van der Waals surface area (Å²) in [7, 11) is 1.38. The van der Waals surface area contributed by atoms with Gasteiger partial charge in [-0.3, -0.25) is 4.79 Å². The van der Waals surface area contributed by atoms with E-state index in [1.807, 2.05) is 6.92 Å². The Morgan fingerprint density at radius 3 is 2.71 bits per heavy atom. The number of ether oxygens (including phenoxy) is 2. The van der Waals surface area contributed by atoms with E-state index < -0.39 is 29.6 Å². The zero-order valence-electron chi connectivity index (χ0n) is 14.5. The molecule has 1 aliphatic carbocycles. The van der Waals surface area contributed by atoms with E-state index in [-0.39, 0.29) is 12.5 Å². The topological polar surface area (TPSA) is 99.5 Å². The fourth-order valence-electron chi connectivity index (χ4n) is 4.65. The molecule has 0 aromatic rings. The number of aliphatic hydroxyl groups is 3. The molecule has 1 amide bonds. The summed E-state index contributed by atoms with van der Waals surface area (Å²) < 4.78 is 11.0. The molecule has 2 bridgehead atoms. The van der Waals surface area contributed by atoms with Gasteiger partial charge in [0.2, 0.25) is 5.79 Å². The Kier molecular flexibility index (Phi) is 4.51. The van der Waals surface area contributed by atoms with Gasteiger partial charge in [-0.05, 0) is 26.7 Å². The highest BCUT2D eigenvalue weighted by Crippen LogP contribution is 2.50. The van der Waals surface area contributed by atoms with Crippen molar-refractivity contribution >= 4 is 5.91 Å². The molecule has 3 rings (SSSR count). The third-order valence-electron chi connectivity index (χ3n) is 5.94. The van der Waals surface area contributed by atoms with Crippen LogP contribution < -0.4 is 0 Å². The number of β-lactam (4-membered cyclic amide) rings is 1. The average Bonchev–Trinajstić information content (AvgIpc) is 2.86. The molecule has 2 fully saturated rings. The van der Waals surface area contributed by atoms with Crippen molar-refractivity contribution in [3.63, 3.8) is 0 Å². The highest BCUT2D eigenvalue weighted by Gasteiger charge is 2.63. The number of fused-ring (bicyclic) bond motifs is 3. The lowest BCUT2D eigenvalue weighted by Crippen LogP contribution is -2.71. The Morgan fingerprint density at radius 1 is 1.42 bits per heavy atom. The highest BCUT2D eigenvalue weighted by molar-refractivity contribution is 6.05. The predicted octanol–water partition coefficient (Wildman–Crippen LogP) is -0.0666. The molecule has 5 atom stereocenters. The van der Waals surface area contributed by atoms with E-state index in [1.165, 1.54) is 7.11 Å². The van der Waals surface area contributed by atoms with E-state index in [4.69, 9.17) is 9.47 Å². The summed E-state index contributed by atoms with van der Waals surface area (Å²) >= 11 is 0. The van der Waals surface area contributed by atoms with Crippen molar-refractivity contribution in [2.75, 3.05) is 20.3 Å². The summed E-state index contributed by atoms with van der Waals surface area (Å²) in [6, 6.07) is 0. The lowest BCUT2D eigenvalue weighted by Gasteiger charge is -2.56. The number of carbonyl (C=O) groups is 1. The molecule has 136 valence electrons. The molecule has 7 heteroatoms. The highest BCUT2D eigenvalue weighted by atomic mass is 16.7. The minimum absolute atomic E-state index is 0.0131. The summed E-state index contributed by atoms with van der Waals surface area (Å²) in [4.78, 5) is 14.4. The molecular weight excluding hydrogens is 314 g/mol. The summed E-state index contributed by atoms with van der Waals surface area (Å²) in [5, 5.41) is 31.8. The Hall–Kier alpha value is -0.990. The zero-order chi connectivity index (χ0) is 17.7. The van der Waals surface area contributed by atoms with Crippen LogP contribution in [0.15, 0.2) is 11.1 Å². The molecule has 0 unspecified atom stereocenters. The quantitative estimate of drug-likeness (QED) is 0.622. The third-order valence-corrected chi connectivity index (χ3v) is 5.94. The number of hydrogen-bond donors (Lipinski definition) is 3. The summed E-state index contributed by atoms with van der Waals surface area (Å²) in [5.41, 5.74) is 0.0609. The van der Waals surface area contributed by atoms with Crippen LogP contribution in [0.25, 0.3) is 0 Å². The first-order chi connectivity index (χ1) is 11.4. The summed E-state index contributed by atoms with van der Waals surface area (Å²) in [5.74, 6) is -1.73.